The third-order valence-corrected chi connectivity index (χ3v) is 14.6. The number of nitrogens with zero attached hydrogens (tertiary/aromatic N) is 2. The Morgan fingerprint density at radius 1 is 0.328 bits per heavy atom. The van der Waals surface area contributed by atoms with E-state index in [0.29, 0.717) is 0 Å². The number of fused-ring (bicyclic) bond motifs is 15. The average molecular weight is 851 g/mol. The maximum atomic E-state index is 2.49. The first-order valence-electron chi connectivity index (χ1n) is 23.3. The smallest absolute Gasteiger partial charge is 0.0726 e. The zero-order valence-electron chi connectivity index (χ0n) is 36.6. The maximum absolute atomic E-state index is 2.49. The molecule has 0 unspecified atom stereocenters. The Bertz CT molecular complexity index is 3870. The van der Waals surface area contributed by atoms with Crippen molar-refractivity contribution >= 4 is 49.6 Å². The second-order valence-corrected chi connectivity index (χ2v) is 18.0. The summed E-state index contributed by atoms with van der Waals surface area (Å²) in [7, 11) is 0. The summed E-state index contributed by atoms with van der Waals surface area (Å²) in [5, 5.41) is 5.00. The highest BCUT2D eigenvalue weighted by Gasteiger charge is 2.52. The first-order valence-corrected chi connectivity index (χ1v) is 23.3. The van der Waals surface area contributed by atoms with Crippen LogP contribution in [0.2, 0.25) is 0 Å². The number of para-hydroxylation sites is 1. The predicted octanol–water partition coefficient (Wildman–Crippen LogP) is 17.1. The molecule has 0 atom stereocenters. The van der Waals surface area contributed by atoms with Gasteiger partial charge >= 0.3 is 0 Å². The quantitative estimate of drug-likeness (QED) is 0.162. The van der Waals surface area contributed by atoms with Gasteiger partial charge in [-0.25, -0.2) is 0 Å². The highest BCUT2D eigenvalue weighted by molar-refractivity contribution is 6.19. The molecule has 0 amide bonds. The van der Waals surface area contributed by atoms with E-state index in [0.717, 1.165) is 22.7 Å². The van der Waals surface area contributed by atoms with E-state index in [2.05, 4.69) is 264 Å². The van der Waals surface area contributed by atoms with Crippen molar-refractivity contribution in [2.75, 3.05) is 4.90 Å². The van der Waals surface area contributed by atoms with E-state index in [-0.39, 0.29) is 0 Å². The molecule has 1 heterocycles. The first kappa shape index (κ1) is 37.6. The van der Waals surface area contributed by atoms with Gasteiger partial charge in [0, 0.05) is 38.8 Å². The van der Waals surface area contributed by atoms with Crippen LogP contribution in [-0.4, -0.2) is 4.57 Å². The van der Waals surface area contributed by atoms with E-state index < -0.39 is 5.41 Å². The van der Waals surface area contributed by atoms with E-state index in [1.54, 1.807) is 0 Å². The third kappa shape index (κ3) is 5.45. The SMILES string of the molecule is c1ccc(-c2cccc(N(c3ccc(-c4ccc5c6ccc7ccccc7c6n(-c6ccccc6)c5c4)cc3)c3cccc4c3-c3ccccc3C43c4ccccc4-c4ccccc43)c2)cc1. The Balaban J connectivity index is 0.968. The molecular weight excluding hydrogens is 809 g/mol. The fourth-order valence-corrected chi connectivity index (χ4v) is 11.8. The minimum Gasteiger partial charge on any atom is -0.310 e. The molecule has 2 aliphatic rings. The van der Waals surface area contributed by atoms with Crippen molar-refractivity contribution in [3.05, 3.63) is 277 Å². The normalized spacial score (nSPS) is 12.9. The molecular formula is C65H42N2. The summed E-state index contributed by atoms with van der Waals surface area (Å²) >= 11 is 0. The minimum atomic E-state index is -0.441. The third-order valence-electron chi connectivity index (χ3n) is 14.6. The molecule has 1 aromatic heterocycles. The van der Waals surface area contributed by atoms with Crippen molar-refractivity contribution in [2.45, 2.75) is 5.41 Å². The average Bonchev–Trinajstić information content (AvgIpc) is 4.02. The van der Waals surface area contributed by atoms with Gasteiger partial charge < -0.3 is 9.47 Å². The summed E-state index contributed by atoms with van der Waals surface area (Å²) in [6, 6.07) is 94.2. The van der Waals surface area contributed by atoms with E-state index in [1.165, 1.54) is 99.3 Å². The number of hydrogen-bond acceptors (Lipinski definition) is 1. The molecule has 1 spiro atoms. The van der Waals surface area contributed by atoms with Crippen LogP contribution >= 0.6 is 0 Å². The number of anilines is 3. The summed E-state index contributed by atoms with van der Waals surface area (Å²) in [6.07, 6.45) is 0. The lowest BCUT2D eigenvalue weighted by molar-refractivity contribution is 0.794. The molecule has 0 saturated heterocycles. The molecule has 312 valence electrons. The van der Waals surface area contributed by atoms with Gasteiger partial charge in [0.1, 0.15) is 0 Å². The van der Waals surface area contributed by atoms with Crippen LogP contribution in [0.15, 0.2) is 255 Å². The Morgan fingerprint density at radius 3 is 1.64 bits per heavy atom. The van der Waals surface area contributed by atoms with Crippen molar-refractivity contribution in [3.63, 3.8) is 0 Å². The molecule has 14 rings (SSSR count). The van der Waals surface area contributed by atoms with Gasteiger partial charge in [-0.15, -0.1) is 0 Å². The maximum Gasteiger partial charge on any atom is 0.0726 e. The van der Waals surface area contributed by atoms with Crippen LogP contribution in [0.1, 0.15) is 22.3 Å². The zero-order chi connectivity index (χ0) is 44.1. The number of aromatic nitrogens is 1. The summed E-state index contributed by atoms with van der Waals surface area (Å²) in [5.74, 6) is 0. The van der Waals surface area contributed by atoms with E-state index in [9.17, 15) is 0 Å². The van der Waals surface area contributed by atoms with Crippen molar-refractivity contribution in [1.82, 2.24) is 4.57 Å². The standard InChI is InChI=1S/C65H42N2/c1-3-17-43(18-4-1)46-20-15-23-50(41-46)66(61-32-16-31-60-63(61)56-27-11-14-30-59(56)65(60)57-28-12-9-25-52(57)53-26-10-13-29-58(53)65)49-37-33-44(34-38-49)47-36-39-54-55-40-35-45-19-7-8-24-51(45)64(55)67(62(54)42-47)48-21-5-2-6-22-48/h1-42H. The van der Waals surface area contributed by atoms with Crippen LogP contribution in [0.5, 0.6) is 0 Å². The second kappa shape index (κ2) is 14.7. The van der Waals surface area contributed by atoms with Crippen LogP contribution in [0.4, 0.5) is 17.1 Å². The number of benzene rings is 11. The summed E-state index contributed by atoms with van der Waals surface area (Å²) < 4.78 is 2.45. The van der Waals surface area contributed by atoms with Gasteiger partial charge in [-0.1, -0.05) is 206 Å². The van der Waals surface area contributed by atoms with Crippen molar-refractivity contribution in [1.29, 1.82) is 0 Å². The van der Waals surface area contributed by atoms with Crippen LogP contribution < -0.4 is 4.90 Å². The number of hydrogen-bond donors (Lipinski definition) is 0. The summed E-state index contributed by atoms with van der Waals surface area (Å²) in [4.78, 5) is 2.49. The van der Waals surface area contributed by atoms with Gasteiger partial charge in [-0.3, -0.25) is 0 Å². The van der Waals surface area contributed by atoms with Crippen molar-refractivity contribution < 1.29 is 0 Å². The molecule has 2 nitrogen and oxygen atoms in total. The molecule has 0 fully saturated rings. The zero-order valence-corrected chi connectivity index (χ0v) is 36.6. The lowest BCUT2D eigenvalue weighted by atomic mass is 9.70. The lowest BCUT2D eigenvalue weighted by Crippen LogP contribution is -2.26. The van der Waals surface area contributed by atoms with Gasteiger partial charge in [0.25, 0.3) is 0 Å². The topological polar surface area (TPSA) is 8.17 Å². The van der Waals surface area contributed by atoms with Gasteiger partial charge in [0.05, 0.1) is 22.1 Å². The lowest BCUT2D eigenvalue weighted by Gasteiger charge is -2.32. The Morgan fingerprint density at radius 2 is 0.881 bits per heavy atom. The van der Waals surface area contributed by atoms with E-state index in [4.69, 9.17) is 0 Å². The molecule has 67 heavy (non-hydrogen) atoms. The Labute approximate surface area is 389 Å². The van der Waals surface area contributed by atoms with Gasteiger partial charge in [0.15, 0.2) is 0 Å². The largest absolute Gasteiger partial charge is 0.310 e. The highest BCUT2D eigenvalue weighted by atomic mass is 15.1. The molecule has 12 aromatic rings. The van der Waals surface area contributed by atoms with Gasteiger partial charge in [-0.2, -0.15) is 0 Å². The Hall–Kier alpha value is -8.72. The molecule has 0 N–H and O–H groups in total. The first-order chi connectivity index (χ1) is 33.3. The van der Waals surface area contributed by atoms with Crippen LogP contribution in [0, 0.1) is 0 Å². The monoisotopic (exact) mass is 850 g/mol. The molecule has 2 heteroatoms. The fraction of sp³-hybridized carbons (Fsp3) is 0.0154. The van der Waals surface area contributed by atoms with Crippen molar-refractivity contribution in [3.8, 4) is 50.2 Å². The van der Waals surface area contributed by atoms with E-state index >= 15 is 0 Å². The fourth-order valence-electron chi connectivity index (χ4n) is 11.8. The Kier molecular flexibility index (Phi) is 8.23. The van der Waals surface area contributed by atoms with E-state index in [1.807, 2.05) is 0 Å². The summed E-state index contributed by atoms with van der Waals surface area (Å²) in [5.41, 5.74) is 21.7. The minimum absolute atomic E-state index is 0.441. The molecule has 0 aliphatic heterocycles. The van der Waals surface area contributed by atoms with Crippen LogP contribution in [0.3, 0.4) is 0 Å². The number of rotatable bonds is 6. The van der Waals surface area contributed by atoms with Crippen LogP contribution in [-0.2, 0) is 5.41 Å². The molecule has 0 saturated carbocycles. The molecule has 0 bridgehead atoms. The van der Waals surface area contributed by atoms with Crippen molar-refractivity contribution in [2.24, 2.45) is 0 Å². The van der Waals surface area contributed by atoms with Crippen LogP contribution in [0.25, 0.3) is 82.8 Å². The highest BCUT2D eigenvalue weighted by Crippen LogP contribution is 2.64. The van der Waals surface area contributed by atoms with Gasteiger partial charge in [-0.05, 0) is 115 Å². The molecule has 11 aromatic carbocycles. The summed E-state index contributed by atoms with van der Waals surface area (Å²) in [6.45, 7) is 0. The van der Waals surface area contributed by atoms with Gasteiger partial charge in [0.2, 0.25) is 0 Å². The predicted molar refractivity (Wildman–Crippen MR) is 280 cm³/mol. The molecule has 0 radical (unpaired) electrons. The molecule has 2 aliphatic carbocycles. The second-order valence-electron chi connectivity index (χ2n) is 18.0.